The number of halogens is 3. The van der Waals surface area contributed by atoms with Crippen LogP contribution in [0.3, 0.4) is 0 Å². The van der Waals surface area contributed by atoms with Crippen LogP contribution < -0.4 is 0 Å². The molecule has 1 atom stereocenters. The average Bonchev–Trinajstić information content (AvgIpc) is 2.56. The first kappa shape index (κ1) is 15.1. The lowest BCUT2D eigenvalue weighted by molar-refractivity contribution is -0.123. The Morgan fingerprint density at radius 1 is 1.32 bits per heavy atom. The van der Waals surface area contributed by atoms with Gasteiger partial charge in [-0.25, -0.2) is 12.7 Å². The second-order valence-electron chi connectivity index (χ2n) is 4.44. The molecule has 0 N–H and O–H groups in total. The highest BCUT2D eigenvalue weighted by Crippen LogP contribution is 2.36. The van der Waals surface area contributed by atoms with Gasteiger partial charge in [0, 0.05) is 17.4 Å². The largest absolute Gasteiger partial charge is 0.274 e. The van der Waals surface area contributed by atoms with Crippen LogP contribution >= 0.6 is 39.1 Å². The van der Waals surface area contributed by atoms with Crippen molar-refractivity contribution in [2.45, 2.75) is 18.2 Å². The first-order chi connectivity index (χ1) is 8.73. The summed E-state index contributed by atoms with van der Waals surface area (Å²) in [6.07, 6.45) is 0.213. The molecule has 0 bridgehead atoms. The van der Waals surface area contributed by atoms with Crippen molar-refractivity contribution >= 4 is 55.1 Å². The van der Waals surface area contributed by atoms with E-state index in [9.17, 15) is 13.2 Å². The molecule has 1 heterocycles. The van der Waals surface area contributed by atoms with Crippen molar-refractivity contribution in [1.29, 1.82) is 0 Å². The molecular formula is C11H10BrCl2NO3S. The van der Waals surface area contributed by atoms with Crippen LogP contribution in [0, 0.1) is 5.92 Å². The molecule has 4 nitrogen and oxygen atoms in total. The van der Waals surface area contributed by atoms with E-state index in [1.807, 2.05) is 6.92 Å². The van der Waals surface area contributed by atoms with Crippen LogP contribution in [0.5, 0.6) is 0 Å². The number of hydrogen-bond donors (Lipinski definition) is 0. The molecule has 0 spiro atoms. The van der Waals surface area contributed by atoms with Crippen LogP contribution in [-0.2, 0) is 14.8 Å². The standard InChI is InChI=1S/C11H10BrCl2NO3S/c1-6-2-10(16)15(5-6)19(17,18)11-8(13)3-7(12)4-9(11)14/h3-4,6H,2,5H2,1H3. The van der Waals surface area contributed by atoms with E-state index in [1.54, 1.807) is 0 Å². The molecule has 0 aromatic heterocycles. The van der Waals surface area contributed by atoms with E-state index in [0.29, 0.717) is 4.47 Å². The Bertz CT molecular complexity index is 624. The van der Waals surface area contributed by atoms with Gasteiger partial charge in [0.1, 0.15) is 4.90 Å². The molecule has 0 radical (unpaired) electrons. The number of nitrogens with zero attached hydrogens (tertiary/aromatic N) is 1. The summed E-state index contributed by atoms with van der Waals surface area (Å²) >= 11 is 15.1. The summed E-state index contributed by atoms with van der Waals surface area (Å²) in [7, 11) is -4.00. The van der Waals surface area contributed by atoms with Crippen LogP contribution in [0.1, 0.15) is 13.3 Å². The molecule has 1 unspecified atom stereocenters. The van der Waals surface area contributed by atoms with E-state index in [2.05, 4.69) is 15.9 Å². The Hall–Kier alpha value is -0.300. The van der Waals surface area contributed by atoms with Crippen molar-refractivity contribution in [2.24, 2.45) is 5.92 Å². The Morgan fingerprint density at radius 3 is 2.26 bits per heavy atom. The summed E-state index contributed by atoms with van der Waals surface area (Å²) in [6, 6.07) is 2.87. The molecular weight excluding hydrogens is 377 g/mol. The maximum absolute atomic E-state index is 12.5. The zero-order chi connectivity index (χ0) is 14.4. The van der Waals surface area contributed by atoms with E-state index in [-0.39, 0.29) is 33.8 Å². The molecule has 1 aliphatic heterocycles. The van der Waals surface area contributed by atoms with Gasteiger partial charge in [0.05, 0.1) is 10.0 Å². The summed E-state index contributed by atoms with van der Waals surface area (Å²) in [6.45, 7) is 1.97. The van der Waals surface area contributed by atoms with Crippen LogP contribution in [0.15, 0.2) is 21.5 Å². The Morgan fingerprint density at radius 2 is 1.84 bits per heavy atom. The predicted molar refractivity (Wildman–Crippen MR) is 76.8 cm³/mol. The lowest BCUT2D eigenvalue weighted by atomic mass is 10.2. The Balaban J connectivity index is 2.55. The lowest BCUT2D eigenvalue weighted by Crippen LogP contribution is -2.32. The van der Waals surface area contributed by atoms with E-state index in [4.69, 9.17) is 23.2 Å². The third kappa shape index (κ3) is 2.77. The number of hydrogen-bond acceptors (Lipinski definition) is 3. The second kappa shape index (κ2) is 5.24. The number of benzene rings is 1. The van der Waals surface area contributed by atoms with Crippen molar-refractivity contribution in [2.75, 3.05) is 6.54 Å². The number of sulfonamides is 1. The summed E-state index contributed by atoms with van der Waals surface area (Å²) < 4.78 is 26.3. The summed E-state index contributed by atoms with van der Waals surface area (Å²) in [5, 5.41) is -0.0153. The third-order valence-corrected chi connectivity index (χ3v) is 5.96. The number of carbonyl (C=O) groups is 1. The maximum Gasteiger partial charge on any atom is 0.269 e. The smallest absolute Gasteiger partial charge is 0.269 e. The fourth-order valence-corrected chi connectivity index (χ4v) is 5.39. The fraction of sp³-hybridized carbons (Fsp3) is 0.364. The van der Waals surface area contributed by atoms with E-state index in [1.165, 1.54) is 12.1 Å². The van der Waals surface area contributed by atoms with Gasteiger partial charge >= 0.3 is 0 Å². The Kier molecular flexibility index (Phi) is 4.16. The summed E-state index contributed by atoms with van der Waals surface area (Å²) in [5.74, 6) is -0.433. The molecule has 1 fully saturated rings. The molecule has 19 heavy (non-hydrogen) atoms. The maximum atomic E-state index is 12.5. The Labute approximate surface area is 129 Å². The van der Waals surface area contributed by atoms with Gasteiger partial charge < -0.3 is 0 Å². The molecule has 8 heteroatoms. The molecule has 1 aromatic rings. The van der Waals surface area contributed by atoms with Gasteiger partial charge in [-0.05, 0) is 18.1 Å². The molecule has 1 amide bonds. The number of carbonyl (C=O) groups excluding carboxylic acids is 1. The summed E-state index contributed by atoms with van der Waals surface area (Å²) in [5.41, 5.74) is 0. The van der Waals surface area contributed by atoms with Crippen molar-refractivity contribution in [3.8, 4) is 0 Å². The molecule has 1 saturated heterocycles. The van der Waals surface area contributed by atoms with Crippen molar-refractivity contribution in [3.05, 3.63) is 26.7 Å². The van der Waals surface area contributed by atoms with Crippen molar-refractivity contribution < 1.29 is 13.2 Å². The van der Waals surface area contributed by atoms with Gasteiger partial charge in [0.25, 0.3) is 10.0 Å². The molecule has 0 saturated carbocycles. The minimum Gasteiger partial charge on any atom is -0.274 e. The second-order valence-corrected chi connectivity index (χ2v) is 7.97. The highest BCUT2D eigenvalue weighted by Gasteiger charge is 2.38. The van der Waals surface area contributed by atoms with Gasteiger partial charge in [-0.1, -0.05) is 46.1 Å². The van der Waals surface area contributed by atoms with Crippen LogP contribution in [0.4, 0.5) is 0 Å². The minimum atomic E-state index is -4.00. The van der Waals surface area contributed by atoms with Gasteiger partial charge in [0.2, 0.25) is 5.91 Å². The van der Waals surface area contributed by atoms with Gasteiger partial charge in [-0.15, -0.1) is 0 Å². The van der Waals surface area contributed by atoms with E-state index < -0.39 is 15.9 Å². The highest BCUT2D eigenvalue weighted by atomic mass is 79.9. The van der Waals surface area contributed by atoms with Crippen LogP contribution in [0.25, 0.3) is 0 Å². The predicted octanol–water partition coefficient (Wildman–Crippen LogP) is 3.31. The molecule has 104 valence electrons. The number of rotatable bonds is 2. The van der Waals surface area contributed by atoms with E-state index >= 15 is 0 Å². The summed E-state index contributed by atoms with van der Waals surface area (Å²) in [4.78, 5) is 11.5. The fourth-order valence-electron chi connectivity index (χ4n) is 1.97. The molecule has 2 rings (SSSR count). The molecule has 0 aliphatic carbocycles. The minimum absolute atomic E-state index is 0.00438. The first-order valence-electron chi connectivity index (χ1n) is 5.43. The topological polar surface area (TPSA) is 54.5 Å². The normalized spacial score (nSPS) is 20.1. The number of amides is 1. The molecule has 1 aliphatic rings. The van der Waals surface area contributed by atoms with Crippen molar-refractivity contribution in [1.82, 2.24) is 4.31 Å². The lowest BCUT2D eigenvalue weighted by Gasteiger charge is -2.18. The van der Waals surface area contributed by atoms with Crippen molar-refractivity contribution in [3.63, 3.8) is 0 Å². The monoisotopic (exact) mass is 385 g/mol. The SMILES string of the molecule is CC1CC(=O)N(S(=O)(=O)c2c(Cl)cc(Br)cc2Cl)C1. The highest BCUT2D eigenvalue weighted by molar-refractivity contribution is 9.10. The van der Waals surface area contributed by atoms with Gasteiger partial charge in [-0.2, -0.15) is 0 Å². The van der Waals surface area contributed by atoms with Crippen LogP contribution in [0.2, 0.25) is 10.0 Å². The first-order valence-corrected chi connectivity index (χ1v) is 8.42. The average molecular weight is 387 g/mol. The van der Waals surface area contributed by atoms with Gasteiger partial charge in [-0.3, -0.25) is 4.79 Å². The third-order valence-electron chi connectivity index (χ3n) is 2.79. The zero-order valence-corrected chi connectivity index (χ0v) is 13.8. The van der Waals surface area contributed by atoms with Gasteiger partial charge in [0.15, 0.2) is 0 Å². The quantitative estimate of drug-likeness (QED) is 0.783. The van der Waals surface area contributed by atoms with E-state index in [0.717, 1.165) is 4.31 Å². The molecule has 1 aromatic carbocycles. The zero-order valence-electron chi connectivity index (χ0n) is 9.86. The van der Waals surface area contributed by atoms with Crippen LogP contribution in [-0.4, -0.2) is 25.2 Å².